The van der Waals surface area contributed by atoms with Crippen molar-refractivity contribution >= 4 is 23.3 Å². The molecule has 0 unspecified atom stereocenters. The zero-order chi connectivity index (χ0) is 21.3. The van der Waals surface area contributed by atoms with Crippen LogP contribution in [-0.4, -0.2) is 22.3 Å². The highest BCUT2D eigenvalue weighted by Crippen LogP contribution is 2.17. The van der Waals surface area contributed by atoms with Crippen molar-refractivity contribution in [2.75, 3.05) is 6.54 Å². The van der Waals surface area contributed by atoms with Crippen LogP contribution >= 0.6 is 11.3 Å². The first-order valence-corrected chi connectivity index (χ1v) is 10.4. The van der Waals surface area contributed by atoms with Crippen molar-refractivity contribution in [2.24, 2.45) is 0 Å². The van der Waals surface area contributed by atoms with Gasteiger partial charge in [-0.2, -0.15) is 0 Å². The van der Waals surface area contributed by atoms with Gasteiger partial charge in [-0.15, -0.1) is 17.9 Å². The second-order valence-electron chi connectivity index (χ2n) is 6.65. The monoisotopic (exact) mass is 422 g/mol. The highest BCUT2D eigenvalue weighted by atomic mass is 32.1. The Labute approximate surface area is 180 Å². The molecule has 0 N–H and O–H groups in total. The van der Waals surface area contributed by atoms with Crippen LogP contribution in [0.15, 0.2) is 72.6 Å². The number of ether oxygens (including phenoxy) is 1. The molecule has 0 bridgehead atoms. The molecule has 0 atom stereocenters. The number of benzene rings is 2. The number of carbonyl (C=O) groups excluding carboxylic acids is 1. The van der Waals surface area contributed by atoms with Crippen LogP contribution in [0, 0.1) is 12.7 Å². The van der Waals surface area contributed by atoms with Gasteiger partial charge in [0.05, 0.1) is 10.7 Å². The Kier molecular flexibility index (Phi) is 7.51. The van der Waals surface area contributed by atoms with Crippen LogP contribution in [0.25, 0.3) is 6.08 Å². The van der Waals surface area contributed by atoms with E-state index in [2.05, 4.69) is 11.6 Å². The Balaban J connectivity index is 1.59. The van der Waals surface area contributed by atoms with Gasteiger partial charge in [0.1, 0.15) is 18.2 Å². The maximum Gasteiger partial charge on any atom is 0.247 e. The fourth-order valence-corrected chi connectivity index (χ4v) is 3.40. The van der Waals surface area contributed by atoms with Crippen LogP contribution in [-0.2, 0) is 17.9 Å². The lowest BCUT2D eigenvalue weighted by atomic mass is 10.1. The summed E-state index contributed by atoms with van der Waals surface area (Å²) in [4.78, 5) is 18.5. The van der Waals surface area contributed by atoms with E-state index < -0.39 is 0 Å². The van der Waals surface area contributed by atoms with E-state index in [1.54, 1.807) is 41.7 Å². The van der Waals surface area contributed by atoms with Crippen LogP contribution in [0.3, 0.4) is 0 Å². The molecule has 4 nitrogen and oxygen atoms in total. The molecule has 1 aromatic heterocycles. The molecule has 0 saturated heterocycles. The summed E-state index contributed by atoms with van der Waals surface area (Å²) in [6.07, 6.45) is 4.84. The third-order valence-electron chi connectivity index (χ3n) is 4.33. The molecule has 0 fully saturated rings. The summed E-state index contributed by atoms with van der Waals surface area (Å²) in [6, 6.07) is 13.9. The molecular formula is C24H23FN2O2S. The molecule has 0 radical (unpaired) electrons. The zero-order valence-corrected chi connectivity index (χ0v) is 17.6. The molecule has 3 aromatic rings. The molecule has 6 heteroatoms. The molecule has 0 aliphatic rings. The number of thiazole rings is 1. The summed E-state index contributed by atoms with van der Waals surface area (Å²) < 4.78 is 19.6. The lowest BCUT2D eigenvalue weighted by molar-refractivity contribution is -0.126. The summed E-state index contributed by atoms with van der Waals surface area (Å²) in [5, 5.41) is 2.99. The van der Waals surface area contributed by atoms with E-state index in [0.717, 1.165) is 22.0 Å². The molecule has 1 heterocycles. The van der Waals surface area contributed by atoms with E-state index in [-0.39, 0.29) is 18.3 Å². The zero-order valence-electron chi connectivity index (χ0n) is 16.8. The van der Waals surface area contributed by atoms with Crippen molar-refractivity contribution < 1.29 is 13.9 Å². The van der Waals surface area contributed by atoms with E-state index in [4.69, 9.17) is 4.74 Å². The second-order valence-corrected chi connectivity index (χ2v) is 7.71. The average Bonchev–Trinajstić information content (AvgIpc) is 3.17. The largest absolute Gasteiger partial charge is 0.487 e. The SMILES string of the molecule is C=CCN(Cc1ccccc1F)C(=O)/C=C/c1ccc(OCc2csc(C)n2)cc1. The number of carbonyl (C=O) groups is 1. The Morgan fingerprint density at radius 1 is 1.23 bits per heavy atom. The van der Waals surface area contributed by atoms with Gasteiger partial charge in [0, 0.05) is 30.1 Å². The molecule has 2 aromatic carbocycles. The third kappa shape index (κ3) is 6.12. The van der Waals surface area contributed by atoms with Gasteiger partial charge in [0.25, 0.3) is 0 Å². The molecule has 0 spiro atoms. The number of aromatic nitrogens is 1. The lowest BCUT2D eigenvalue weighted by Gasteiger charge is -2.19. The summed E-state index contributed by atoms with van der Waals surface area (Å²) in [6.45, 7) is 6.59. The standard InChI is InChI=1S/C24H23FN2O2S/c1-3-14-27(15-20-6-4-5-7-23(20)25)24(28)13-10-19-8-11-22(12-9-19)29-16-21-17-30-18(2)26-21/h3-13,17H,1,14-16H2,2H3/b13-10+. The summed E-state index contributed by atoms with van der Waals surface area (Å²) >= 11 is 1.59. The minimum Gasteiger partial charge on any atom is -0.487 e. The highest BCUT2D eigenvalue weighted by molar-refractivity contribution is 7.09. The van der Waals surface area contributed by atoms with Gasteiger partial charge < -0.3 is 9.64 Å². The van der Waals surface area contributed by atoms with Gasteiger partial charge in [0.15, 0.2) is 0 Å². The summed E-state index contributed by atoms with van der Waals surface area (Å²) in [5.74, 6) is 0.195. The van der Waals surface area contributed by atoms with Crippen molar-refractivity contribution in [3.8, 4) is 5.75 Å². The van der Waals surface area contributed by atoms with Crippen molar-refractivity contribution in [2.45, 2.75) is 20.1 Å². The summed E-state index contributed by atoms with van der Waals surface area (Å²) in [5.41, 5.74) is 2.24. The molecule has 1 amide bonds. The predicted molar refractivity (Wildman–Crippen MR) is 119 cm³/mol. The van der Waals surface area contributed by atoms with Gasteiger partial charge in [-0.3, -0.25) is 4.79 Å². The number of hydrogen-bond donors (Lipinski definition) is 0. The van der Waals surface area contributed by atoms with Gasteiger partial charge in [0.2, 0.25) is 5.91 Å². The number of halogens is 1. The fourth-order valence-electron chi connectivity index (χ4n) is 2.80. The van der Waals surface area contributed by atoms with Crippen molar-refractivity contribution in [3.63, 3.8) is 0 Å². The minimum absolute atomic E-state index is 0.185. The average molecular weight is 423 g/mol. The Morgan fingerprint density at radius 2 is 2.00 bits per heavy atom. The van der Waals surface area contributed by atoms with E-state index in [0.29, 0.717) is 18.7 Å². The second kappa shape index (κ2) is 10.5. The molecule has 0 aliphatic carbocycles. The third-order valence-corrected chi connectivity index (χ3v) is 5.15. The molecular weight excluding hydrogens is 399 g/mol. The molecule has 30 heavy (non-hydrogen) atoms. The topological polar surface area (TPSA) is 42.4 Å². The van der Waals surface area contributed by atoms with Gasteiger partial charge in [-0.05, 0) is 36.8 Å². The van der Waals surface area contributed by atoms with E-state index in [1.165, 1.54) is 17.0 Å². The molecule has 154 valence electrons. The first kappa shape index (κ1) is 21.5. The van der Waals surface area contributed by atoms with Crippen LogP contribution in [0.1, 0.15) is 21.8 Å². The van der Waals surface area contributed by atoms with Crippen molar-refractivity contribution in [3.05, 3.63) is 100 Å². The Bertz CT molecular complexity index is 1030. The van der Waals surface area contributed by atoms with E-state index in [1.807, 2.05) is 36.6 Å². The van der Waals surface area contributed by atoms with Gasteiger partial charge in [-0.25, -0.2) is 9.37 Å². The van der Waals surface area contributed by atoms with Crippen LogP contribution in [0.2, 0.25) is 0 Å². The lowest BCUT2D eigenvalue weighted by Crippen LogP contribution is -2.29. The van der Waals surface area contributed by atoms with E-state index in [9.17, 15) is 9.18 Å². The number of rotatable bonds is 9. The Morgan fingerprint density at radius 3 is 2.67 bits per heavy atom. The van der Waals surface area contributed by atoms with Crippen LogP contribution < -0.4 is 4.74 Å². The molecule has 0 saturated carbocycles. The summed E-state index contributed by atoms with van der Waals surface area (Å²) in [7, 11) is 0. The van der Waals surface area contributed by atoms with Crippen molar-refractivity contribution in [1.82, 2.24) is 9.88 Å². The predicted octanol–water partition coefficient (Wildman–Crippen LogP) is 5.40. The quantitative estimate of drug-likeness (QED) is 0.343. The first-order valence-electron chi connectivity index (χ1n) is 9.50. The minimum atomic E-state index is -0.327. The number of amides is 1. The Hall–Kier alpha value is -3.25. The smallest absolute Gasteiger partial charge is 0.247 e. The normalized spacial score (nSPS) is 10.9. The maximum absolute atomic E-state index is 13.9. The molecule has 0 aliphatic heterocycles. The first-order chi connectivity index (χ1) is 14.5. The number of hydrogen-bond acceptors (Lipinski definition) is 4. The van der Waals surface area contributed by atoms with E-state index >= 15 is 0 Å². The number of aryl methyl sites for hydroxylation is 1. The van der Waals surface area contributed by atoms with Crippen LogP contribution in [0.5, 0.6) is 5.75 Å². The highest BCUT2D eigenvalue weighted by Gasteiger charge is 2.12. The van der Waals surface area contributed by atoms with Crippen LogP contribution in [0.4, 0.5) is 4.39 Å². The maximum atomic E-state index is 13.9. The fraction of sp³-hybridized carbons (Fsp3) is 0.167. The number of nitrogens with zero attached hydrogens (tertiary/aromatic N) is 2. The van der Waals surface area contributed by atoms with Gasteiger partial charge in [-0.1, -0.05) is 36.4 Å². The van der Waals surface area contributed by atoms with Gasteiger partial charge >= 0.3 is 0 Å². The van der Waals surface area contributed by atoms with Crippen molar-refractivity contribution in [1.29, 1.82) is 0 Å². The molecule has 3 rings (SSSR count).